The normalized spacial score (nSPS) is 17.6. The van der Waals surface area contributed by atoms with Gasteiger partial charge in [0.1, 0.15) is 11.5 Å². The maximum Gasteiger partial charge on any atom is 0.295 e. The number of benzene rings is 3. The molecule has 1 heterocycles. The molecule has 1 atom stereocenters. The van der Waals surface area contributed by atoms with Crippen molar-refractivity contribution < 1.29 is 19.4 Å². The minimum absolute atomic E-state index is 0.0906. The van der Waals surface area contributed by atoms with Crippen LogP contribution in [0.5, 0.6) is 5.75 Å². The number of carbonyl (C=O) groups excluding carboxylic acids is 2. The van der Waals surface area contributed by atoms with Crippen molar-refractivity contribution in [1.82, 2.24) is 4.90 Å². The number of nitrogens with zero attached hydrogens (tertiary/aromatic N) is 1. The molecule has 3 aromatic rings. The predicted octanol–water partition coefficient (Wildman–Crippen LogP) is 4.93. The average molecular weight is 428 g/mol. The average Bonchev–Trinajstić information content (AvgIpc) is 3.06. The fourth-order valence-corrected chi connectivity index (χ4v) is 4.12. The van der Waals surface area contributed by atoms with Crippen molar-refractivity contribution in [3.63, 3.8) is 0 Å². The van der Waals surface area contributed by atoms with Crippen molar-refractivity contribution >= 4 is 17.4 Å². The van der Waals surface area contributed by atoms with Crippen LogP contribution in [0.1, 0.15) is 33.9 Å². The lowest BCUT2D eigenvalue weighted by Gasteiger charge is -2.26. The summed E-state index contributed by atoms with van der Waals surface area (Å²) in [5.74, 6) is -0.867. The molecule has 5 nitrogen and oxygen atoms in total. The SMILES string of the molecule is COc1cccc(C2C(=C(O)c3cc(C)ccc3C)C(=O)C(=O)N2Cc2ccccc2)c1. The van der Waals surface area contributed by atoms with Crippen LogP contribution in [0.4, 0.5) is 0 Å². The lowest BCUT2D eigenvalue weighted by atomic mass is 9.93. The van der Waals surface area contributed by atoms with E-state index in [1.165, 1.54) is 4.90 Å². The van der Waals surface area contributed by atoms with Crippen molar-refractivity contribution in [3.05, 3.63) is 106 Å². The second-order valence-electron chi connectivity index (χ2n) is 8.01. The highest BCUT2D eigenvalue weighted by Gasteiger charge is 2.46. The van der Waals surface area contributed by atoms with Crippen LogP contribution in [-0.4, -0.2) is 28.8 Å². The maximum atomic E-state index is 13.2. The zero-order valence-corrected chi connectivity index (χ0v) is 18.3. The molecule has 1 unspecified atom stereocenters. The van der Waals surface area contributed by atoms with Crippen LogP contribution in [0.3, 0.4) is 0 Å². The Labute approximate surface area is 187 Å². The zero-order valence-electron chi connectivity index (χ0n) is 18.3. The van der Waals surface area contributed by atoms with Crippen LogP contribution in [0, 0.1) is 13.8 Å². The highest BCUT2D eigenvalue weighted by Crippen LogP contribution is 2.41. The molecule has 0 radical (unpaired) electrons. The first-order chi connectivity index (χ1) is 15.4. The Morgan fingerprint density at radius 1 is 0.969 bits per heavy atom. The topological polar surface area (TPSA) is 66.8 Å². The van der Waals surface area contributed by atoms with Crippen molar-refractivity contribution in [2.24, 2.45) is 0 Å². The molecule has 162 valence electrons. The number of aliphatic hydroxyl groups is 1. The van der Waals surface area contributed by atoms with E-state index in [1.807, 2.05) is 74.5 Å². The summed E-state index contributed by atoms with van der Waals surface area (Å²) in [7, 11) is 1.57. The Morgan fingerprint density at radius 2 is 1.72 bits per heavy atom. The summed E-state index contributed by atoms with van der Waals surface area (Å²) in [5, 5.41) is 11.3. The lowest BCUT2D eigenvalue weighted by molar-refractivity contribution is -0.140. The van der Waals surface area contributed by atoms with Crippen LogP contribution in [0.2, 0.25) is 0 Å². The van der Waals surface area contributed by atoms with E-state index in [0.717, 1.165) is 16.7 Å². The third-order valence-corrected chi connectivity index (χ3v) is 5.79. The molecule has 0 aromatic heterocycles. The van der Waals surface area contributed by atoms with Gasteiger partial charge in [0.15, 0.2) is 0 Å². The number of carbonyl (C=O) groups is 2. The molecule has 5 heteroatoms. The Balaban J connectivity index is 1.91. The van der Waals surface area contributed by atoms with Crippen LogP contribution in [0.15, 0.2) is 78.4 Å². The first-order valence-electron chi connectivity index (χ1n) is 10.4. The van der Waals surface area contributed by atoms with Crippen LogP contribution in [0.25, 0.3) is 5.76 Å². The van der Waals surface area contributed by atoms with E-state index in [4.69, 9.17) is 4.74 Å². The number of aryl methyl sites for hydroxylation is 2. The highest BCUT2D eigenvalue weighted by molar-refractivity contribution is 6.46. The van der Waals surface area contributed by atoms with E-state index in [-0.39, 0.29) is 17.9 Å². The third-order valence-electron chi connectivity index (χ3n) is 5.79. The van der Waals surface area contributed by atoms with E-state index in [1.54, 1.807) is 19.2 Å². The molecule has 1 N–H and O–H groups in total. The van der Waals surface area contributed by atoms with Crippen LogP contribution in [-0.2, 0) is 16.1 Å². The number of hydrogen-bond donors (Lipinski definition) is 1. The molecule has 32 heavy (non-hydrogen) atoms. The molecule has 4 rings (SSSR count). The van der Waals surface area contributed by atoms with Gasteiger partial charge in [-0.25, -0.2) is 0 Å². The van der Waals surface area contributed by atoms with Gasteiger partial charge in [0, 0.05) is 12.1 Å². The fourth-order valence-electron chi connectivity index (χ4n) is 4.12. The number of ketones is 1. The van der Waals surface area contributed by atoms with Gasteiger partial charge in [-0.3, -0.25) is 9.59 Å². The Kier molecular flexibility index (Phi) is 5.82. The van der Waals surface area contributed by atoms with Gasteiger partial charge >= 0.3 is 0 Å². The van der Waals surface area contributed by atoms with Gasteiger partial charge < -0.3 is 14.7 Å². The molecule has 0 aliphatic carbocycles. The van der Waals surface area contributed by atoms with Gasteiger partial charge in [-0.05, 0) is 48.7 Å². The number of aliphatic hydroxyl groups excluding tert-OH is 1. The third kappa shape index (κ3) is 3.89. The largest absolute Gasteiger partial charge is 0.507 e. The second kappa shape index (κ2) is 8.71. The number of Topliss-reactive ketones (excluding diaryl/α,β-unsaturated/α-hetero) is 1. The molecular weight excluding hydrogens is 402 g/mol. The molecule has 3 aromatic carbocycles. The Bertz CT molecular complexity index is 1210. The van der Waals surface area contributed by atoms with Gasteiger partial charge in [-0.15, -0.1) is 0 Å². The maximum absolute atomic E-state index is 13.2. The van der Waals surface area contributed by atoms with Gasteiger partial charge in [-0.2, -0.15) is 0 Å². The molecule has 1 saturated heterocycles. The molecule has 1 aliphatic heterocycles. The zero-order chi connectivity index (χ0) is 22.8. The summed E-state index contributed by atoms with van der Waals surface area (Å²) in [5.41, 5.74) is 4.02. The number of methoxy groups -OCH3 is 1. The predicted molar refractivity (Wildman–Crippen MR) is 123 cm³/mol. The monoisotopic (exact) mass is 427 g/mol. The number of likely N-dealkylation sites (tertiary alicyclic amines) is 1. The van der Waals surface area contributed by atoms with Crippen molar-refractivity contribution in [3.8, 4) is 5.75 Å². The summed E-state index contributed by atoms with van der Waals surface area (Å²) >= 11 is 0. The quantitative estimate of drug-likeness (QED) is 0.356. The number of rotatable bonds is 5. The minimum Gasteiger partial charge on any atom is -0.507 e. The number of hydrogen-bond acceptors (Lipinski definition) is 4. The van der Waals surface area contributed by atoms with E-state index >= 15 is 0 Å². The molecule has 1 fully saturated rings. The van der Waals surface area contributed by atoms with E-state index in [9.17, 15) is 14.7 Å². The summed E-state index contributed by atoms with van der Waals surface area (Å²) in [6.45, 7) is 4.04. The van der Waals surface area contributed by atoms with Crippen LogP contribution < -0.4 is 4.74 Å². The fraction of sp³-hybridized carbons (Fsp3) is 0.185. The van der Waals surface area contributed by atoms with E-state index < -0.39 is 17.7 Å². The smallest absolute Gasteiger partial charge is 0.295 e. The molecule has 1 amide bonds. The first kappa shape index (κ1) is 21.4. The number of ether oxygens (including phenoxy) is 1. The van der Waals surface area contributed by atoms with Gasteiger partial charge in [0.2, 0.25) is 0 Å². The minimum atomic E-state index is -0.731. The molecule has 1 aliphatic rings. The molecule has 0 bridgehead atoms. The first-order valence-corrected chi connectivity index (χ1v) is 10.4. The van der Waals surface area contributed by atoms with E-state index in [2.05, 4.69) is 0 Å². The number of amides is 1. The van der Waals surface area contributed by atoms with Gasteiger partial charge in [0.25, 0.3) is 11.7 Å². The molecule has 0 spiro atoms. The summed E-state index contributed by atoms with van der Waals surface area (Å²) in [4.78, 5) is 27.9. The van der Waals surface area contributed by atoms with E-state index in [0.29, 0.717) is 16.9 Å². The van der Waals surface area contributed by atoms with Gasteiger partial charge in [-0.1, -0.05) is 60.2 Å². The Morgan fingerprint density at radius 3 is 2.44 bits per heavy atom. The summed E-state index contributed by atoms with van der Waals surface area (Å²) in [6, 6.07) is 21.7. The summed E-state index contributed by atoms with van der Waals surface area (Å²) in [6.07, 6.45) is 0. The van der Waals surface area contributed by atoms with Crippen molar-refractivity contribution in [1.29, 1.82) is 0 Å². The van der Waals surface area contributed by atoms with Crippen molar-refractivity contribution in [2.75, 3.05) is 7.11 Å². The van der Waals surface area contributed by atoms with Crippen LogP contribution >= 0.6 is 0 Å². The second-order valence-corrected chi connectivity index (χ2v) is 8.01. The summed E-state index contributed by atoms with van der Waals surface area (Å²) < 4.78 is 5.37. The highest BCUT2D eigenvalue weighted by atomic mass is 16.5. The molecule has 0 saturated carbocycles. The van der Waals surface area contributed by atoms with Crippen molar-refractivity contribution in [2.45, 2.75) is 26.4 Å². The lowest BCUT2D eigenvalue weighted by Crippen LogP contribution is -2.29. The molecular formula is C27H25NO4. The van der Waals surface area contributed by atoms with Gasteiger partial charge in [0.05, 0.1) is 18.7 Å². The Hall–Kier alpha value is -3.86. The standard InChI is InChI=1S/C27H25NO4/c1-17-12-13-18(2)22(14-17)25(29)23-24(20-10-7-11-21(15-20)32-3)28(27(31)26(23)30)16-19-8-5-4-6-9-19/h4-15,24,29H,16H2,1-3H3.